The van der Waals surface area contributed by atoms with Crippen LogP contribution < -0.4 is 24.3 Å². The zero-order valence-electron chi connectivity index (χ0n) is 14.8. The maximum atomic E-state index is 5.62. The standard InChI is InChI=1S/C19H22BrNO4/c1-22-15-6-5-11-12(19(15)25-4)7-8-21-18(11)13-9-16(23-2)17(24-3)10-14(13)20/h5-6,9-10,18,21H,7-8H2,1-4H3. The van der Waals surface area contributed by atoms with E-state index in [2.05, 4.69) is 27.3 Å². The van der Waals surface area contributed by atoms with Crippen molar-refractivity contribution >= 4 is 15.9 Å². The zero-order valence-corrected chi connectivity index (χ0v) is 16.4. The molecule has 0 fully saturated rings. The van der Waals surface area contributed by atoms with Crippen LogP contribution in [0.3, 0.4) is 0 Å². The molecule has 6 heteroatoms. The van der Waals surface area contributed by atoms with E-state index in [1.807, 2.05) is 18.2 Å². The highest BCUT2D eigenvalue weighted by molar-refractivity contribution is 9.10. The highest BCUT2D eigenvalue weighted by Crippen LogP contribution is 2.43. The van der Waals surface area contributed by atoms with Crippen LogP contribution >= 0.6 is 15.9 Å². The SMILES string of the molecule is COc1cc(Br)c(C2NCCc3c2ccc(OC)c3OC)cc1OC. The van der Waals surface area contributed by atoms with Crippen LogP contribution in [-0.4, -0.2) is 35.0 Å². The van der Waals surface area contributed by atoms with Crippen molar-refractivity contribution in [1.29, 1.82) is 0 Å². The predicted molar refractivity (Wildman–Crippen MR) is 100 cm³/mol. The van der Waals surface area contributed by atoms with Crippen molar-refractivity contribution in [1.82, 2.24) is 5.32 Å². The average Bonchev–Trinajstić information content (AvgIpc) is 2.66. The summed E-state index contributed by atoms with van der Waals surface area (Å²) >= 11 is 3.67. The summed E-state index contributed by atoms with van der Waals surface area (Å²) in [6, 6.07) is 8.01. The van der Waals surface area contributed by atoms with Gasteiger partial charge in [-0.1, -0.05) is 22.0 Å². The third-order valence-electron chi connectivity index (χ3n) is 4.53. The van der Waals surface area contributed by atoms with Gasteiger partial charge in [-0.3, -0.25) is 0 Å². The molecule has 1 aliphatic heterocycles. The maximum absolute atomic E-state index is 5.62. The Hall–Kier alpha value is -1.92. The molecule has 1 N–H and O–H groups in total. The van der Waals surface area contributed by atoms with Gasteiger partial charge in [0.1, 0.15) is 0 Å². The molecule has 2 aromatic rings. The molecule has 2 aromatic carbocycles. The van der Waals surface area contributed by atoms with Crippen molar-refractivity contribution in [3.05, 3.63) is 45.4 Å². The quantitative estimate of drug-likeness (QED) is 0.818. The number of rotatable bonds is 5. The van der Waals surface area contributed by atoms with Gasteiger partial charge < -0.3 is 24.3 Å². The largest absolute Gasteiger partial charge is 0.493 e. The van der Waals surface area contributed by atoms with E-state index in [1.54, 1.807) is 28.4 Å². The van der Waals surface area contributed by atoms with Crippen LogP contribution in [-0.2, 0) is 6.42 Å². The lowest BCUT2D eigenvalue weighted by atomic mass is 9.89. The Balaban J connectivity index is 2.13. The molecular formula is C19H22BrNO4. The lowest BCUT2D eigenvalue weighted by molar-refractivity contribution is 0.347. The van der Waals surface area contributed by atoms with E-state index in [4.69, 9.17) is 18.9 Å². The van der Waals surface area contributed by atoms with Crippen molar-refractivity contribution in [2.45, 2.75) is 12.5 Å². The number of ether oxygens (including phenoxy) is 4. The second kappa shape index (κ2) is 7.54. The Kier molecular flexibility index (Phi) is 5.39. The van der Waals surface area contributed by atoms with Crippen molar-refractivity contribution < 1.29 is 18.9 Å². The molecule has 0 spiro atoms. The normalized spacial score (nSPS) is 16.1. The van der Waals surface area contributed by atoms with Gasteiger partial charge in [0.15, 0.2) is 23.0 Å². The third kappa shape index (κ3) is 3.16. The predicted octanol–water partition coefficient (Wildman–Crippen LogP) is 3.72. The summed E-state index contributed by atoms with van der Waals surface area (Å²) in [6.07, 6.45) is 0.886. The molecule has 5 nitrogen and oxygen atoms in total. The van der Waals surface area contributed by atoms with Gasteiger partial charge in [-0.25, -0.2) is 0 Å². The van der Waals surface area contributed by atoms with Gasteiger partial charge in [0.2, 0.25) is 0 Å². The molecule has 0 aliphatic carbocycles. The first-order valence-corrected chi connectivity index (χ1v) is 8.82. The minimum Gasteiger partial charge on any atom is -0.493 e. The Morgan fingerprint density at radius 1 is 0.880 bits per heavy atom. The smallest absolute Gasteiger partial charge is 0.164 e. The number of benzene rings is 2. The first kappa shape index (κ1) is 17.9. The van der Waals surface area contributed by atoms with Crippen LogP contribution in [0, 0.1) is 0 Å². The highest BCUT2D eigenvalue weighted by Gasteiger charge is 2.28. The summed E-state index contributed by atoms with van der Waals surface area (Å²) in [7, 11) is 6.62. The van der Waals surface area contributed by atoms with E-state index in [0.29, 0.717) is 11.5 Å². The minimum atomic E-state index is 0.0257. The maximum Gasteiger partial charge on any atom is 0.164 e. The van der Waals surface area contributed by atoms with E-state index >= 15 is 0 Å². The number of hydrogen-bond donors (Lipinski definition) is 1. The number of methoxy groups -OCH3 is 4. The Morgan fingerprint density at radius 3 is 2.20 bits per heavy atom. The lowest BCUT2D eigenvalue weighted by Gasteiger charge is -2.30. The van der Waals surface area contributed by atoms with Gasteiger partial charge in [-0.05, 0) is 35.7 Å². The molecular weight excluding hydrogens is 386 g/mol. The van der Waals surface area contributed by atoms with Crippen LogP contribution in [0.4, 0.5) is 0 Å². The van der Waals surface area contributed by atoms with Crippen LogP contribution in [0.5, 0.6) is 23.0 Å². The van der Waals surface area contributed by atoms with Crippen molar-refractivity contribution in [2.24, 2.45) is 0 Å². The van der Waals surface area contributed by atoms with Crippen LogP contribution in [0.15, 0.2) is 28.7 Å². The molecule has 0 aromatic heterocycles. The topological polar surface area (TPSA) is 49.0 Å². The first-order chi connectivity index (χ1) is 12.1. The molecule has 1 aliphatic rings. The molecule has 134 valence electrons. The third-order valence-corrected chi connectivity index (χ3v) is 5.22. The molecule has 0 saturated carbocycles. The van der Waals surface area contributed by atoms with Gasteiger partial charge >= 0.3 is 0 Å². The zero-order chi connectivity index (χ0) is 18.0. The summed E-state index contributed by atoms with van der Waals surface area (Å²) in [5.41, 5.74) is 3.44. The molecule has 0 saturated heterocycles. The monoisotopic (exact) mass is 407 g/mol. The molecule has 1 heterocycles. The van der Waals surface area contributed by atoms with Gasteiger partial charge in [0, 0.05) is 16.6 Å². The molecule has 0 bridgehead atoms. The van der Waals surface area contributed by atoms with Gasteiger partial charge in [-0.15, -0.1) is 0 Å². The van der Waals surface area contributed by atoms with Crippen LogP contribution in [0.25, 0.3) is 0 Å². The molecule has 1 unspecified atom stereocenters. The summed E-state index contributed by atoms with van der Waals surface area (Å²) in [5, 5.41) is 3.59. The fourth-order valence-electron chi connectivity index (χ4n) is 3.35. The Morgan fingerprint density at radius 2 is 1.56 bits per heavy atom. The summed E-state index contributed by atoms with van der Waals surface area (Å²) < 4.78 is 22.9. The van der Waals surface area contributed by atoms with E-state index in [0.717, 1.165) is 34.5 Å². The highest BCUT2D eigenvalue weighted by atomic mass is 79.9. The van der Waals surface area contributed by atoms with Crippen LogP contribution in [0.2, 0.25) is 0 Å². The second-order valence-corrected chi connectivity index (χ2v) is 6.59. The number of fused-ring (bicyclic) bond motifs is 1. The summed E-state index contributed by atoms with van der Waals surface area (Å²) in [5.74, 6) is 2.97. The molecule has 25 heavy (non-hydrogen) atoms. The van der Waals surface area contributed by atoms with E-state index in [1.165, 1.54) is 11.1 Å². The molecule has 3 rings (SSSR count). The molecule has 0 radical (unpaired) electrons. The van der Waals surface area contributed by atoms with Crippen molar-refractivity contribution in [3.63, 3.8) is 0 Å². The second-order valence-electron chi connectivity index (χ2n) is 5.73. The number of nitrogens with one attached hydrogen (secondary N) is 1. The van der Waals surface area contributed by atoms with Crippen molar-refractivity contribution in [2.75, 3.05) is 35.0 Å². The van der Waals surface area contributed by atoms with Gasteiger partial charge in [-0.2, -0.15) is 0 Å². The van der Waals surface area contributed by atoms with E-state index in [9.17, 15) is 0 Å². The van der Waals surface area contributed by atoms with Gasteiger partial charge in [0.05, 0.1) is 34.5 Å². The number of halogens is 1. The minimum absolute atomic E-state index is 0.0257. The van der Waals surface area contributed by atoms with Crippen LogP contribution in [0.1, 0.15) is 22.7 Å². The van der Waals surface area contributed by atoms with E-state index in [-0.39, 0.29) is 6.04 Å². The fourth-order valence-corrected chi connectivity index (χ4v) is 3.91. The van der Waals surface area contributed by atoms with E-state index < -0.39 is 0 Å². The average molecular weight is 408 g/mol. The summed E-state index contributed by atoms with van der Waals surface area (Å²) in [6.45, 7) is 0.849. The summed E-state index contributed by atoms with van der Waals surface area (Å²) in [4.78, 5) is 0. The number of hydrogen-bond acceptors (Lipinski definition) is 5. The fraction of sp³-hybridized carbons (Fsp3) is 0.368. The lowest BCUT2D eigenvalue weighted by Crippen LogP contribution is -2.31. The molecule has 1 atom stereocenters. The first-order valence-electron chi connectivity index (χ1n) is 8.03. The van der Waals surface area contributed by atoms with Crippen molar-refractivity contribution in [3.8, 4) is 23.0 Å². The Bertz CT molecular complexity index is 779. The Labute approximate surface area is 156 Å². The van der Waals surface area contributed by atoms with Gasteiger partial charge in [0.25, 0.3) is 0 Å². The molecule has 0 amide bonds.